The van der Waals surface area contributed by atoms with Crippen LogP contribution in [0.25, 0.3) is 10.9 Å². The Morgan fingerprint density at radius 2 is 1.86 bits per heavy atom. The summed E-state index contributed by atoms with van der Waals surface area (Å²) in [6.45, 7) is 6.91. The van der Waals surface area contributed by atoms with E-state index in [1.807, 2.05) is 19.1 Å². The van der Waals surface area contributed by atoms with E-state index in [1.54, 1.807) is 18.9 Å². The quantitative estimate of drug-likeness (QED) is 0.208. The molecule has 0 amide bonds. The molecule has 0 radical (unpaired) electrons. The highest BCUT2D eigenvalue weighted by Gasteiger charge is 2.61. The average Bonchev–Trinajstić information content (AvgIpc) is 3.77. The SMILES string of the molecule is COc1c(C)cc2c(c1O)[C@H]1[C@@H]3[C@@H]4SC[C@]5(NCCc6c5[nH]c5ccccc65)C(=O)OC[C@@H](c5c6c(c(C)c(C)c54)OCO6)N3[C@@H](O)[C@@H](C2)N1C. The van der Waals surface area contributed by atoms with Crippen molar-refractivity contribution in [3.05, 3.63) is 80.5 Å². The van der Waals surface area contributed by atoms with Crippen molar-refractivity contribution >= 4 is 28.6 Å². The topological polar surface area (TPSA) is 129 Å². The number of esters is 1. The molecule has 51 heavy (non-hydrogen) atoms. The normalized spacial score (nSPS) is 30.8. The number of hydrogen-bond acceptors (Lipinski definition) is 11. The molecular weight excluding hydrogens is 669 g/mol. The molecule has 4 bridgehead atoms. The third-order valence-corrected chi connectivity index (χ3v) is 14.2. The van der Waals surface area contributed by atoms with Crippen molar-refractivity contribution in [2.24, 2.45) is 0 Å². The molecule has 0 unspecified atom stereocenters. The molecule has 4 N–H and O–H groups in total. The molecular formula is C39H42N4O7S. The number of likely N-dealkylation sites (N-methyl/N-ethyl adjacent to an activating group) is 1. The highest BCUT2D eigenvalue weighted by molar-refractivity contribution is 7.99. The van der Waals surface area contributed by atoms with E-state index >= 15 is 0 Å². The number of methoxy groups -OCH3 is 1. The van der Waals surface area contributed by atoms with E-state index in [-0.39, 0.29) is 48.5 Å². The summed E-state index contributed by atoms with van der Waals surface area (Å²) in [4.78, 5) is 22.7. The molecule has 2 fully saturated rings. The van der Waals surface area contributed by atoms with Crippen LogP contribution in [0.4, 0.5) is 0 Å². The van der Waals surface area contributed by atoms with Gasteiger partial charge in [0.1, 0.15) is 12.8 Å². The molecule has 12 heteroatoms. The number of H-pyrrole nitrogens is 1. The Balaban J connectivity index is 1.22. The molecule has 11 nitrogen and oxygen atoms in total. The van der Waals surface area contributed by atoms with Gasteiger partial charge in [0.15, 0.2) is 28.5 Å². The number of rotatable bonds is 1. The number of aliphatic hydroxyl groups excluding tert-OH is 1. The molecule has 7 aliphatic heterocycles. The monoisotopic (exact) mass is 710 g/mol. The van der Waals surface area contributed by atoms with Crippen molar-refractivity contribution in [3.63, 3.8) is 0 Å². The lowest BCUT2D eigenvalue weighted by atomic mass is 9.72. The molecule has 1 spiro atoms. The molecule has 1 aromatic heterocycles. The number of aryl methyl sites for hydroxylation is 1. The number of aromatic nitrogens is 1. The van der Waals surface area contributed by atoms with E-state index in [1.165, 1.54) is 0 Å². The molecule has 7 atom stereocenters. The van der Waals surface area contributed by atoms with E-state index in [0.29, 0.717) is 36.0 Å². The maximum atomic E-state index is 14.7. The molecule has 4 aromatic rings. The van der Waals surface area contributed by atoms with Crippen LogP contribution in [0, 0.1) is 20.8 Å². The lowest BCUT2D eigenvalue weighted by Crippen LogP contribution is -2.70. The van der Waals surface area contributed by atoms with Crippen molar-refractivity contribution in [3.8, 4) is 23.0 Å². The summed E-state index contributed by atoms with van der Waals surface area (Å²) >= 11 is 1.71. The maximum Gasteiger partial charge on any atom is 0.333 e. The molecule has 266 valence electrons. The fraction of sp³-hybridized carbons (Fsp3) is 0.462. The number of aromatic amines is 1. The van der Waals surface area contributed by atoms with E-state index in [2.05, 4.69) is 59.2 Å². The van der Waals surface area contributed by atoms with Crippen molar-refractivity contribution in [1.82, 2.24) is 20.1 Å². The number of phenolic OH excluding ortho intramolecular Hbond substituents is 1. The Morgan fingerprint density at radius 1 is 1.06 bits per heavy atom. The lowest BCUT2D eigenvalue weighted by molar-refractivity contribution is -0.186. The summed E-state index contributed by atoms with van der Waals surface area (Å²) in [7, 11) is 3.65. The molecule has 3 aromatic carbocycles. The second-order valence-electron chi connectivity index (χ2n) is 15.0. The number of ether oxygens (including phenoxy) is 4. The molecule has 8 heterocycles. The van der Waals surface area contributed by atoms with Gasteiger partial charge in [0.25, 0.3) is 0 Å². The van der Waals surface area contributed by atoms with Crippen molar-refractivity contribution < 1.29 is 34.0 Å². The number of aromatic hydroxyl groups is 1. The Labute approximate surface area is 300 Å². The van der Waals surface area contributed by atoms with Crippen LogP contribution in [-0.4, -0.2) is 89.1 Å². The summed E-state index contributed by atoms with van der Waals surface area (Å²) in [5.74, 6) is 2.04. The van der Waals surface area contributed by atoms with Crippen LogP contribution in [0.1, 0.15) is 67.5 Å². The van der Waals surface area contributed by atoms with Gasteiger partial charge >= 0.3 is 5.97 Å². The zero-order valence-electron chi connectivity index (χ0n) is 29.3. The fourth-order valence-electron chi connectivity index (χ4n) is 10.4. The van der Waals surface area contributed by atoms with E-state index in [4.69, 9.17) is 18.9 Å². The summed E-state index contributed by atoms with van der Waals surface area (Å²) < 4.78 is 24.6. The van der Waals surface area contributed by atoms with E-state index < -0.39 is 17.8 Å². The zero-order valence-corrected chi connectivity index (χ0v) is 30.1. The summed E-state index contributed by atoms with van der Waals surface area (Å²) in [5.41, 5.74) is 8.76. The third-order valence-electron chi connectivity index (χ3n) is 12.8. The van der Waals surface area contributed by atoms with E-state index in [0.717, 1.165) is 67.5 Å². The number of piperazine rings is 1. The van der Waals surface area contributed by atoms with Gasteiger partial charge in [-0.1, -0.05) is 24.3 Å². The van der Waals surface area contributed by atoms with E-state index in [9.17, 15) is 15.0 Å². The summed E-state index contributed by atoms with van der Waals surface area (Å²) in [5, 5.41) is 29.0. The number of nitrogens with one attached hydrogen (secondary N) is 2. The van der Waals surface area contributed by atoms with Gasteiger partial charge in [0, 0.05) is 45.6 Å². The molecule has 2 saturated heterocycles. The Morgan fingerprint density at radius 3 is 2.69 bits per heavy atom. The zero-order chi connectivity index (χ0) is 35.1. The number of carbonyl (C=O) groups excluding carboxylic acids is 1. The number of para-hydroxylation sites is 1. The maximum absolute atomic E-state index is 14.7. The minimum atomic E-state index is -1.12. The number of benzene rings is 3. The van der Waals surface area contributed by atoms with Crippen LogP contribution >= 0.6 is 11.8 Å². The standard InChI is InChI=1S/C39H42N4O7S/c1-17-12-20-13-24-37(45)43-25-14-48-38(46)39(36-22(10-11-40-39)21-8-6-7-9-23(21)41-36)15-51-35(26-18(2)19(3)33-34(28(25)26)50-16-49-33)30(43)29(42(24)4)27(20)31(44)32(17)47-5/h6-9,12,24-25,29-30,35,37,40-41,44-45H,10-11,13-16H2,1-5H3/t24-,25+,29+,30-,35-,37+,39-/m1/s1. The van der Waals surface area contributed by atoms with Gasteiger partial charge in [-0.2, -0.15) is 0 Å². The van der Waals surface area contributed by atoms with Crippen LogP contribution in [0.3, 0.4) is 0 Å². The first-order valence-corrected chi connectivity index (χ1v) is 18.8. The molecule has 7 aliphatic rings. The summed E-state index contributed by atoms with van der Waals surface area (Å²) in [6.07, 6.45) is 0.447. The Hall–Kier alpha value is -3.94. The summed E-state index contributed by atoms with van der Waals surface area (Å²) in [6, 6.07) is 8.91. The number of hydrogen-bond donors (Lipinski definition) is 4. The van der Waals surface area contributed by atoms with Gasteiger partial charge in [-0.05, 0) is 80.1 Å². The number of fused-ring (bicyclic) bond motifs is 11. The van der Waals surface area contributed by atoms with Crippen LogP contribution in [0.15, 0.2) is 30.3 Å². The predicted octanol–water partition coefficient (Wildman–Crippen LogP) is 4.56. The van der Waals surface area contributed by atoms with Gasteiger partial charge < -0.3 is 34.1 Å². The minimum absolute atomic E-state index is 0.00723. The van der Waals surface area contributed by atoms with Crippen molar-refractivity contribution in [2.75, 3.05) is 39.9 Å². The first kappa shape index (κ1) is 31.8. The Kier molecular flexibility index (Phi) is 6.87. The second-order valence-corrected chi connectivity index (χ2v) is 16.1. The van der Waals surface area contributed by atoms with Gasteiger partial charge in [-0.15, -0.1) is 11.8 Å². The average molecular weight is 711 g/mol. The van der Waals surface area contributed by atoms with Gasteiger partial charge in [-0.25, -0.2) is 4.79 Å². The smallest absolute Gasteiger partial charge is 0.333 e. The first-order valence-electron chi connectivity index (χ1n) is 17.8. The number of carbonyl (C=O) groups is 1. The third kappa shape index (κ3) is 4.02. The van der Waals surface area contributed by atoms with Crippen LogP contribution in [0.2, 0.25) is 0 Å². The lowest BCUT2D eigenvalue weighted by Gasteiger charge is -2.62. The first-order chi connectivity index (χ1) is 24.7. The van der Waals surface area contributed by atoms with Gasteiger partial charge in [0.05, 0.1) is 30.9 Å². The molecule has 0 saturated carbocycles. The highest BCUT2D eigenvalue weighted by Crippen LogP contribution is 2.63. The largest absolute Gasteiger partial charge is 0.504 e. The number of thioether (sulfide) groups is 1. The van der Waals surface area contributed by atoms with Crippen LogP contribution in [0.5, 0.6) is 23.0 Å². The molecule has 0 aliphatic carbocycles. The number of phenols is 1. The number of nitrogens with zero attached hydrogens (tertiary/aromatic N) is 2. The van der Waals surface area contributed by atoms with Crippen molar-refractivity contribution in [1.29, 1.82) is 0 Å². The van der Waals surface area contributed by atoms with Crippen LogP contribution < -0.4 is 19.5 Å². The highest BCUT2D eigenvalue weighted by atomic mass is 32.2. The number of aliphatic hydroxyl groups is 1. The second kappa shape index (κ2) is 11.0. The van der Waals surface area contributed by atoms with Gasteiger partial charge in [0.2, 0.25) is 6.79 Å². The minimum Gasteiger partial charge on any atom is -0.504 e. The molecule has 11 rings (SSSR count). The fourth-order valence-corrected chi connectivity index (χ4v) is 12.1. The Bertz CT molecular complexity index is 2170. The van der Waals surface area contributed by atoms with Crippen LogP contribution in [-0.2, 0) is 27.9 Å². The van der Waals surface area contributed by atoms with Gasteiger partial charge in [-0.3, -0.25) is 15.1 Å². The predicted molar refractivity (Wildman–Crippen MR) is 192 cm³/mol. The van der Waals surface area contributed by atoms with Crippen molar-refractivity contribution in [2.45, 2.75) is 74.8 Å².